The van der Waals surface area contributed by atoms with Crippen LogP contribution in [0.2, 0.25) is 0 Å². The third kappa shape index (κ3) is 2.22. The van der Waals surface area contributed by atoms with Crippen LogP contribution < -0.4 is 9.47 Å². The van der Waals surface area contributed by atoms with Gasteiger partial charge in [0.05, 0.1) is 19.5 Å². The number of rotatable bonds is 3. The lowest BCUT2D eigenvalue weighted by molar-refractivity contribution is 0.378. The van der Waals surface area contributed by atoms with Crippen molar-refractivity contribution in [1.82, 2.24) is 9.97 Å². The Balaban J connectivity index is 2.24. The molecule has 0 unspecified atom stereocenters. The van der Waals surface area contributed by atoms with Crippen molar-refractivity contribution in [2.75, 3.05) is 7.11 Å². The highest BCUT2D eigenvalue weighted by Crippen LogP contribution is 2.29. The molecule has 0 aliphatic carbocycles. The molecule has 0 atom stereocenters. The van der Waals surface area contributed by atoms with Gasteiger partial charge in [0.15, 0.2) is 17.2 Å². The molecule has 0 aliphatic rings. The molecule has 0 amide bonds. The van der Waals surface area contributed by atoms with E-state index in [1.807, 2.05) is 24.3 Å². The van der Waals surface area contributed by atoms with Gasteiger partial charge in [-0.2, -0.15) is 0 Å². The van der Waals surface area contributed by atoms with E-state index < -0.39 is 0 Å². The number of methoxy groups -OCH3 is 1. The molecular formula is C11H10N2O2. The summed E-state index contributed by atoms with van der Waals surface area (Å²) in [6, 6.07) is 7.42. The fourth-order valence-corrected chi connectivity index (χ4v) is 1.17. The molecule has 0 bridgehead atoms. The molecule has 0 spiro atoms. The van der Waals surface area contributed by atoms with Crippen LogP contribution in [0, 0.1) is 0 Å². The average Bonchev–Trinajstić information content (AvgIpc) is 2.31. The lowest BCUT2D eigenvalue weighted by Crippen LogP contribution is -1.90. The standard InChI is InChI=1S/C11H10N2O2/c1-14-10-4-2-3-5-11(10)15-9-6-12-8-13-7-9/h2-8H,1H3. The van der Waals surface area contributed by atoms with Gasteiger partial charge in [0.1, 0.15) is 6.33 Å². The Morgan fingerprint density at radius 3 is 2.33 bits per heavy atom. The van der Waals surface area contributed by atoms with E-state index in [1.54, 1.807) is 19.5 Å². The number of para-hydroxylation sites is 2. The number of aromatic nitrogens is 2. The van der Waals surface area contributed by atoms with Gasteiger partial charge in [-0.1, -0.05) is 12.1 Å². The fraction of sp³-hybridized carbons (Fsp3) is 0.0909. The maximum absolute atomic E-state index is 5.55. The number of benzene rings is 1. The van der Waals surface area contributed by atoms with E-state index in [-0.39, 0.29) is 0 Å². The highest BCUT2D eigenvalue weighted by Gasteiger charge is 2.03. The minimum absolute atomic E-state index is 0.585. The molecule has 0 saturated heterocycles. The van der Waals surface area contributed by atoms with Crippen LogP contribution in [0.4, 0.5) is 0 Å². The third-order valence-electron chi connectivity index (χ3n) is 1.83. The summed E-state index contributed by atoms with van der Waals surface area (Å²) in [5.74, 6) is 1.91. The monoisotopic (exact) mass is 202 g/mol. The molecule has 1 heterocycles. The molecule has 2 rings (SSSR count). The summed E-state index contributed by atoms with van der Waals surface area (Å²) in [6.45, 7) is 0. The lowest BCUT2D eigenvalue weighted by atomic mass is 10.3. The zero-order chi connectivity index (χ0) is 10.5. The summed E-state index contributed by atoms with van der Waals surface area (Å²) in [4.78, 5) is 7.72. The second-order valence-corrected chi connectivity index (χ2v) is 2.83. The number of nitrogens with zero attached hydrogens (tertiary/aromatic N) is 2. The van der Waals surface area contributed by atoms with Crippen molar-refractivity contribution in [1.29, 1.82) is 0 Å². The minimum atomic E-state index is 0.585. The van der Waals surface area contributed by atoms with Crippen molar-refractivity contribution in [3.05, 3.63) is 43.0 Å². The maximum Gasteiger partial charge on any atom is 0.169 e. The Morgan fingerprint density at radius 1 is 1.00 bits per heavy atom. The Hall–Kier alpha value is -2.10. The predicted octanol–water partition coefficient (Wildman–Crippen LogP) is 2.28. The Morgan fingerprint density at radius 2 is 1.67 bits per heavy atom. The molecule has 4 nitrogen and oxygen atoms in total. The first kappa shape index (κ1) is 9.45. The first-order valence-electron chi connectivity index (χ1n) is 4.46. The zero-order valence-corrected chi connectivity index (χ0v) is 8.25. The molecule has 76 valence electrons. The fourth-order valence-electron chi connectivity index (χ4n) is 1.17. The largest absolute Gasteiger partial charge is 0.493 e. The van der Waals surface area contributed by atoms with Crippen LogP contribution in [-0.2, 0) is 0 Å². The van der Waals surface area contributed by atoms with Crippen LogP contribution in [0.25, 0.3) is 0 Å². The van der Waals surface area contributed by atoms with Crippen molar-refractivity contribution in [3.63, 3.8) is 0 Å². The summed E-state index contributed by atoms with van der Waals surface area (Å²) in [5.41, 5.74) is 0. The summed E-state index contributed by atoms with van der Waals surface area (Å²) >= 11 is 0. The van der Waals surface area contributed by atoms with Gasteiger partial charge < -0.3 is 9.47 Å². The van der Waals surface area contributed by atoms with Crippen LogP contribution in [0.3, 0.4) is 0 Å². The Labute approximate surface area is 87.5 Å². The smallest absolute Gasteiger partial charge is 0.169 e. The van der Waals surface area contributed by atoms with Gasteiger partial charge in [-0.15, -0.1) is 0 Å². The van der Waals surface area contributed by atoms with Crippen molar-refractivity contribution < 1.29 is 9.47 Å². The second kappa shape index (κ2) is 4.41. The quantitative estimate of drug-likeness (QED) is 0.765. The van der Waals surface area contributed by atoms with Crippen molar-refractivity contribution in [2.24, 2.45) is 0 Å². The first-order chi connectivity index (χ1) is 7.40. The molecule has 0 saturated carbocycles. The Kier molecular flexibility index (Phi) is 2.78. The minimum Gasteiger partial charge on any atom is -0.493 e. The summed E-state index contributed by atoms with van der Waals surface area (Å²) < 4.78 is 10.7. The van der Waals surface area contributed by atoms with Gasteiger partial charge in [0.2, 0.25) is 0 Å². The van der Waals surface area contributed by atoms with Crippen molar-refractivity contribution >= 4 is 0 Å². The van der Waals surface area contributed by atoms with Crippen LogP contribution in [0.1, 0.15) is 0 Å². The van der Waals surface area contributed by atoms with E-state index in [0.29, 0.717) is 17.2 Å². The van der Waals surface area contributed by atoms with E-state index in [0.717, 1.165) is 0 Å². The van der Waals surface area contributed by atoms with Gasteiger partial charge >= 0.3 is 0 Å². The molecular weight excluding hydrogens is 192 g/mol. The number of hydrogen-bond acceptors (Lipinski definition) is 4. The van der Waals surface area contributed by atoms with E-state index in [2.05, 4.69) is 9.97 Å². The van der Waals surface area contributed by atoms with E-state index in [1.165, 1.54) is 6.33 Å². The lowest BCUT2D eigenvalue weighted by Gasteiger charge is -2.08. The SMILES string of the molecule is COc1ccccc1Oc1cncnc1. The van der Waals surface area contributed by atoms with Gasteiger partial charge in [-0.3, -0.25) is 0 Å². The highest BCUT2D eigenvalue weighted by molar-refractivity contribution is 5.41. The maximum atomic E-state index is 5.55. The van der Waals surface area contributed by atoms with Crippen LogP contribution in [-0.4, -0.2) is 17.1 Å². The van der Waals surface area contributed by atoms with Gasteiger partial charge in [0.25, 0.3) is 0 Å². The third-order valence-corrected chi connectivity index (χ3v) is 1.83. The summed E-state index contributed by atoms with van der Waals surface area (Å²) in [5, 5.41) is 0. The van der Waals surface area contributed by atoms with Crippen LogP contribution in [0.15, 0.2) is 43.0 Å². The van der Waals surface area contributed by atoms with E-state index >= 15 is 0 Å². The zero-order valence-electron chi connectivity index (χ0n) is 8.25. The second-order valence-electron chi connectivity index (χ2n) is 2.83. The normalized spacial score (nSPS) is 9.67. The molecule has 0 N–H and O–H groups in total. The van der Waals surface area contributed by atoms with Crippen LogP contribution >= 0.6 is 0 Å². The molecule has 0 aliphatic heterocycles. The average molecular weight is 202 g/mol. The van der Waals surface area contributed by atoms with Gasteiger partial charge in [0, 0.05) is 0 Å². The first-order valence-corrected chi connectivity index (χ1v) is 4.46. The molecule has 0 fully saturated rings. The number of hydrogen-bond donors (Lipinski definition) is 0. The molecule has 1 aromatic carbocycles. The predicted molar refractivity (Wildman–Crippen MR) is 55.1 cm³/mol. The molecule has 1 aromatic heterocycles. The molecule has 0 radical (unpaired) electrons. The summed E-state index contributed by atoms with van der Waals surface area (Å²) in [6.07, 6.45) is 4.65. The highest BCUT2D eigenvalue weighted by atomic mass is 16.5. The molecule has 2 aromatic rings. The van der Waals surface area contributed by atoms with Gasteiger partial charge in [-0.05, 0) is 12.1 Å². The Bertz CT molecular complexity index is 432. The van der Waals surface area contributed by atoms with E-state index in [9.17, 15) is 0 Å². The van der Waals surface area contributed by atoms with Crippen molar-refractivity contribution in [3.8, 4) is 17.2 Å². The van der Waals surface area contributed by atoms with Crippen molar-refractivity contribution in [2.45, 2.75) is 0 Å². The summed E-state index contributed by atoms with van der Waals surface area (Å²) in [7, 11) is 1.60. The number of ether oxygens (including phenoxy) is 2. The van der Waals surface area contributed by atoms with Gasteiger partial charge in [-0.25, -0.2) is 9.97 Å². The molecule has 15 heavy (non-hydrogen) atoms. The van der Waals surface area contributed by atoms with E-state index in [4.69, 9.17) is 9.47 Å². The molecule has 4 heteroatoms. The van der Waals surface area contributed by atoms with Crippen LogP contribution in [0.5, 0.6) is 17.2 Å². The topological polar surface area (TPSA) is 44.2 Å².